The van der Waals surface area contributed by atoms with Crippen LogP contribution in [0.25, 0.3) is 0 Å². The first kappa shape index (κ1) is 20.0. The fraction of sp³-hybridized carbons (Fsp3) is 0.188. The third kappa shape index (κ3) is 5.36. The van der Waals surface area contributed by atoms with Crippen molar-refractivity contribution < 1.29 is 21.6 Å². The topological polar surface area (TPSA) is 135 Å². The molecule has 0 heterocycles. The molecule has 0 aliphatic carbocycles. The molecule has 0 spiro atoms. The second kappa shape index (κ2) is 7.96. The van der Waals surface area contributed by atoms with Gasteiger partial charge in [-0.3, -0.25) is 4.79 Å². The van der Waals surface area contributed by atoms with Gasteiger partial charge in [0.15, 0.2) is 0 Å². The number of rotatable bonds is 7. The monoisotopic (exact) mass is 397 g/mol. The van der Waals surface area contributed by atoms with Gasteiger partial charge >= 0.3 is 0 Å². The minimum Gasteiger partial charge on any atom is -0.326 e. The molecule has 10 heteroatoms. The Bertz CT molecular complexity index is 983. The van der Waals surface area contributed by atoms with E-state index in [1.165, 1.54) is 43.4 Å². The van der Waals surface area contributed by atoms with Crippen LogP contribution in [0.3, 0.4) is 0 Å². The summed E-state index contributed by atoms with van der Waals surface area (Å²) in [7, 11) is -5.93. The van der Waals surface area contributed by atoms with E-state index in [0.29, 0.717) is 12.1 Å². The number of amides is 1. The minimum absolute atomic E-state index is 0.0160. The van der Waals surface area contributed by atoms with Crippen LogP contribution in [0.4, 0.5) is 5.69 Å². The van der Waals surface area contributed by atoms with Gasteiger partial charge in [0.05, 0.1) is 9.79 Å². The highest BCUT2D eigenvalue weighted by Gasteiger charge is 2.11. The maximum absolute atomic E-state index is 12.0. The third-order valence-electron chi connectivity index (χ3n) is 3.61. The van der Waals surface area contributed by atoms with Gasteiger partial charge in [-0.25, -0.2) is 26.7 Å². The Hall–Kier alpha value is -2.27. The van der Waals surface area contributed by atoms with Crippen LogP contribution in [0.1, 0.15) is 12.0 Å². The first-order chi connectivity index (χ1) is 12.1. The molecule has 0 aliphatic heterocycles. The molecular weight excluding hydrogens is 378 g/mol. The summed E-state index contributed by atoms with van der Waals surface area (Å²) in [4.78, 5) is 12.1. The fourth-order valence-electron chi connectivity index (χ4n) is 2.16. The molecule has 2 aromatic rings. The van der Waals surface area contributed by atoms with Crippen LogP contribution >= 0.6 is 0 Å². The van der Waals surface area contributed by atoms with Crippen molar-refractivity contribution >= 4 is 31.6 Å². The average Bonchev–Trinajstić information content (AvgIpc) is 2.60. The van der Waals surface area contributed by atoms with Crippen molar-refractivity contribution in [2.75, 3.05) is 12.4 Å². The number of carbonyl (C=O) groups excluding carboxylic acids is 1. The Morgan fingerprint density at radius 3 is 1.96 bits per heavy atom. The molecule has 0 unspecified atom stereocenters. The maximum Gasteiger partial charge on any atom is 0.240 e. The second-order valence-electron chi connectivity index (χ2n) is 5.47. The van der Waals surface area contributed by atoms with Crippen LogP contribution in [0.5, 0.6) is 0 Å². The van der Waals surface area contributed by atoms with Crippen molar-refractivity contribution in [3.63, 3.8) is 0 Å². The highest BCUT2D eigenvalue weighted by molar-refractivity contribution is 7.89. The Balaban J connectivity index is 1.93. The van der Waals surface area contributed by atoms with Gasteiger partial charge in [-0.1, -0.05) is 12.1 Å². The molecule has 4 N–H and O–H groups in total. The van der Waals surface area contributed by atoms with E-state index in [4.69, 9.17) is 5.14 Å². The molecule has 8 nitrogen and oxygen atoms in total. The van der Waals surface area contributed by atoms with Crippen LogP contribution in [0, 0.1) is 0 Å². The first-order valence-corrected chi connectivity index (χ1v) is 10.6. The quantitative estimate of drug-likeness (QED) is 0.635. The summed E-state index contributed by atoms with van der Waals surface area (Å²) in [5.41, 5.74) is 1.28. The molecule has 0 atom stereocenters. The van der Waals surface area contributed by atoms with Crippen LogP contribution < -0.4 is 15.2 Å². The summed E-state index contributed by atoms with van der Waals surface area (Å²) in [6, 6.07) is 11.8. The van der Waals surface area contributed by atoms with Crippen molar-refractivity contribution in [2.45, 2.75) is 22.6 Å². The summed E-state index contributed by atoms with van der Waals surface area (Å²) in [6.07, 6.45) is 0.605. The summed E-state index contributed by atoms with van der Waals surface area (Å²) in [6.45, 7) is 0. The van der Waals surface area contributed by atoms with Crippen molar-refractivity contribution in [3.05, 3.63) is 54.1 Å². The van der Waals surface area contributed by atoms with Crippen molar-refractivity contribution in [2.24, 2.45) is 5.14 Å². The number of carbonyl (C=O) groups is 1. The zero-order chi connectivity index (χ0) is 19.4. The van der Waals surface area contributed by atoms with Gasteiger partial charge in [0, 0.05) is 12.1 Å². The SMILES string of the molecule is CNS(=O)(=O)c1ccc(NC(=O)CCc2ccc(S(N)(=O)=O)cc2)cc1. The van der Waals surface area contributed by atoms with Crippen molar-refractivity contribution in [3.8, 4) is 0 Å². The molecule has 26 heavy (non-hydrogen) atoms. The van der Waals surface area contributed by atoms with Gasteiger partial charge < -0.3 is 5.32 Å². The number of benzene rings is 2. The van der Waals surface area contributed by atoms with Crippen LogP contribution in [-0.2, 0) is 31.3 Å². The Morgan fingerprint density at radius 2 is 1.46 bits per heavy atom. The second-order valence-corrected chi connectivity index (χ2v) is 8.92. The lowest BCUT2D eigenvalue weighted by molar-refractivity contribution is -0.116. The van der Waals surface area contributed by atoms with Crippen LogP contribution in [-0.4, -0.2) is 29.8 Å². The Morgan fingerprint density at radius 1 is 0.923 bits per heavy atom. The van der Waals surface area contributed by atoms with E-state index in [2.05, 4.69) is 10.0 Å². The fourth-order valence-corrected chi connectivity index (χ4v) is 3.41. The van der Waals surface area contributed by atoms with Gasteiger partial charge in [-0.15, -0.1) is 0 Å². The Kier molecular flexibility index (Phi) is 6.13. The van der Waals surface area contributed by atoms with E-state index in [1.807, 2.05) is 0 Å². The minimum atomic E-state index is -3.73. The molecule has 0 fully saturated rings. The van der Waals surface area contributed by atoms with E-state index in [9.17, 15) is 21.6 Å². The van der Waals surface area contributed by atoms with Crippen molar-refractivity contribution in [1.29, 1.82) is 0 Å². The van der Waals surface area contributed by atoms with Gasteiger partial charge in [0.2, 0.25) is 26.0 Å². The molecule has 140 valence electrons. The lowest BCUT2D eigenvalue weighted by atomic mass is 10.1. The average molecular weight is 397 g/mol. The smallest absolute Gasteiger partial charge is 0.240 e. The number of nitrogens with one attached hydrogen (secondary N) is 2. The maximum atomic E-state index is 12.0. The molecule has 0 radical (unpaired) electrons. The number of hydrogen-bond acceptors (Lipinski definition) is 5. The van der Waals surface area contributed by atoms with E-state index in [-0.39, 0.29) is 22.1 Å². The number of aryl methyl sites for hydroxylation is 1. The predicted octanol–water partition coefficient (Wildman–Crippen LogP) is 0.813. The molecule has 0 aromatic heterocycles. The summed E-state index contributed by atoms with van der Waals surface area (Å²) >= 11 is 0. The first-order valence-electron chi connectivity index (χ1n) is 7.57. The van der Waals surface area contributed by atoms with Gasteiger partial charge in [0.1, 0.15) is 0 Å². The predicted molar refractivity (Wildman–Crippen MR) is 97.5 cm³/mol. The van der Waals surface area contributed by atoms with Crippen LogP contribution in [0.15, 0.2) is 58.3 Å². The number of primary sulfonamides is 1. The highest BCUT2D eigenvalue weighted by atomic mass is 32.2. The highest BCUT2D eigenvalue weighted by Crippen LogP contribution is 2.15. The number of hydrogen-bond donors (Lipinski definition) is 3. The largest absolute Gasteiger partial charge is 0.326 e. The van der Waals surface area contributed by atoms with Gasteiger partial charge in [-0.05, 0) is 55.4 Å². The summed E-state index contributed by atoms with van der Waals surface area (Å²) in [5.74, 6) is -0.246. The zero-order valence-electron chi connectivity index (χ0n) is 14.0. The van der Waals surface area contributed by atoms with E-state index in [0.717, 1.165) is 5.56 Å². The zero-order valence-corrected chi connectivity index (χ0v) is 15.6. The van der Waals surface area contributed by atoms with Gasteiger partial charge in [-0.2, -0.15) is 0 Å². The molecule has 2 rings (SSSR count). The van der Waals surface area contributed by atoms with E-state index < -0.39 is 20.0 Å². The molecule has 0 saturated carbocycles. The standard InChI is InChI=1S/C16H19N3O5S2/c1-18-26(23,24)15-9-5-13(6-10-15)19-16(20)11-4-12-2-7-14(8-3-12)25(17,21)22/h2-3,5-10,18H,4,11H2,1H3,(H,19,20)(H2,17,21,22). The Labute approximate surface area is 152 Å². The lowest BCUT2D eigenvalue weighted by Crippen LogP contribution is -2.18. The summed E-state index contributed by atoms with van der Waals surface area (Å²) < 4.78 is 47.9. The molecular formula is C16H19N3O5S2. The molecule has 1 amide bonds. The number of nitrogens with two attached hydrogens (primary N) is 1. The molecule has 0 bridgehead atoms. The molecule has 2 aromatic carbocycles. The number of anilines is 1. The van der Waals surface area contributed by atoms with Crippen molar-refractivity contribution in [1.82, 2.24) is 4.72 Å². The third-order valence-corrected chi connectivity index (χ3v) is 5.97. The van der Waals surface area contributed by atoms with Crippen LogP contribution in [0.2, 0.25) is 0 Å². The molecule has 0 saturated heterocycles. The normalized spacial score (nSPS) is 11.9. The summed E-state index contributed by atoms with van der Waals surface area (Å²) in [5, 5.41) is 7.70. The van der Waals surface area contributed by atoms with E-state index in [1.54, 1.807) is 12.1 Å². The van der Waals surface area contributed by atoms with Gasteiger partial charge in [0.25, 0.3) is 0 Å². The van der Waals surface area contributed by atoms with E-state index >= 15 is 0 Å². The number of sulfonamides is 2. The molecule has 0 aliphatic rings. The lowest BCUT2D eigenvalue weighted by Gasteiger charge is -2.07.